The molecule has 31 heavy (non-hydrogen) atoms. The molecule has 1 aromatic heterocycles. The number of benzene rings is 3. The normalized spacial score (nSPS) is 10.6. The van der Waals surface area contributed by atoms with Crippen LogP contribution in [0, 0.1) is 6.92 Å². The Bertz CT molecular complexity index is 1170. The lowest BCUT2D eigenvalue weighted by molar-refractivity contribution is 0.0993. The van der Waals surface area contributed by atoms with Crippen LogP contribution in [0.3, 0.4) is 0 Å². The molecular formula is C25H22N2O4. The Morgan fingerprint density at radius 1 is 0.935 bits per heavy atom. The second-order valence-electron chi connectivity index (χ2n) is 7.05. The van der Waals surface area contributed by atoms with Crippen LogP contribution in [0.5, 0.6) is 11.5 Å². The largest absolute Gasteiger partial charge is 0.493 e. The first kappa shape index (κ1) is 20.3. The van der Waals surface area contributed by atoms with E-state index in [1.165, 1.54) is 0 Å². The molecule has 1 heterocycles. The second-order valence-corrected chi connectivity index (χ2v) is 7.05. The van der Waals surface area contributed by atoms with Gasteiger partial charge in [0.2, 0.25) is 11.7 Å². The summed E-state index contributed by atoms with van der Waals surface area (Å²) in [5, 5.41) is 4.00. The maximum atomic E-state index is 13.3. The molecule has 0 bridgehead atoms. The number of methoxy groups -OCH3 is 1. The monoisotopic (exact) mass is 414 g/mol. The van der Waals surface area contributed by atoms with Gasteiger partial charge in [-0.25, -0.2) is 0 Å². The highest BCUT2D eigenvalue weighted by molar-refractivity contribution is 6.03. The molecule has 0 amide bonds. The minimum Gasteiger partial charge on any atom is -0.493 e. The van der Waals surface area contributed by atoms with Crippen LogP contribution in [0.25, 0.3) is 11.4 Å². The van der Waals surface area contributed by atoms with E-state index in [1.54, 1.807) is 26.2 Å². The zero-order valence-corrected chi connectivity index (χ0v) is 17.4. The lowest BCUT2D eigenvalue weighted by Crippen LogP contribution is -2.08. The third kappa shape index (κ3) is 4.80. The fourth-order valence-electron chi connectivity index (χ4n) is 3.27. The molecule has 0 aliphatic carbocycles. The first-order chi connectivity index (χ1) is 15.1. The van der Waals surface area contributed by atoms with Crippen molar-refractivity contribution < 1.29 is 18.8 Å². The van der Waals surface area contributed by atoms with Gasteiger partial charge in [0.15, 0.2) is 17.3 Å². The Hall–Kier alpha value is -3.93. The van der Waals surface area contributed by atoms with Gasteiger partial charge < -0.3 is 14.0 Å². The van der Waals surface area contributed by atoms with Crippen molar-refractivity contribution >= 4 is 5.78 Å². The molecule has 0 aliphatic rings. The van der Waals surface area contributed by atoms with Crippen molar-refractivity contribution in [3.8, 4) is 22.9 Å². The highest BCUT2D eigenvalue weighted by atomic mass is 16.5. The lowest BCUT2D eigenvalue weighted by atomic mass is 9.97. The lowest BCUT2D eigenvalue weighted by Gasteiger charge is -2.15. The number of ketones is 1. The first-order valence-corrected chi connectivity index (χ1v) is 9.90. The summed E-state index contributed by atoms with van der Waals surface area (Å²) in [5.74, 6) is 1.65. The van der Waals surface area contributed by atoms with Gasteiger partial charge in [-0.3, -0.25) is 4.79 Å². The van der Waals surface area contributed by atoms with E-state index in [0.29, 0.717) is 40.9 Å². The molecule has 0 fully saturated rings. The van der Waals surface area contributed by atoms with Gasteiger partial charge in [-0.15, -0.1) is 0 Å². The first-order valence-electron chi connectivity index (χ1n) is 9.90. The highest BCUT2D eigenvalue weighted by Crippen LogP contribution is 2.36. The predicted octanol–water partition coefficient (Wildman–Crippen LogP) is 5.06. The number of carbonyl (C=O) groups excluding carboxylic acids is 1. The summed E-state index contributed by atoms with van der Waals surface area (Å²) in [5.41, 5.74) is 2.93. The van der Waals surface area contributed by atoms with E-state index >= 15 is 0 Å². The molecule has 0 spiro atoms. The fraction of sp³-hybridized carbons (Fsp3) is 0.160. The summed E-state index contributed by atoms with van der Waals surface area (Å²) in [6.07, 6.45) is 0.245. The van der Waals surface area contributed by atoms with Crippen molar-refractivity contribution in [1.82, 2.24) is 10.1 Å². The zero-order chi connectivity index (χ0) is 21.6. The quantitative estimate of drug-likeness (QED) is 0.375. The van der Waals surface area contributed by atoms with Crippen molar-refractivity contribution in [3.63, 3.8) is 0 Å². The van der Waals surface area contributed by atoms with Gasteiger partial charge in [0.05, 0.1) is 7.11 Å². The third-order valence-electron chi connectivity index (χ3n) is 4.82. The molecule has 4 rings (SSSR count). The number of rotatable bonds is 8. The zero-order valence-electron chi connectivity index (χ0n) is 17.4. The average molecular weight is 414 g/mol. The Balaban J connectivity index is 1.72. The third-order valence-corrected chi connectivity index (χ3v) is 4.82. The highest BCUT2D eigenvalue weighted by Gasteiger charge is 2.21. The molecule has 0 unspecified atom stereocenters. The van der Waals surface area contributed by atoms with E-state index in [9.17, 15) is 4.79 Å². The number of ether oxygens (including phenoxy) is 2. The number of hydrogen-bond acceptors (Lipinski definition) is 6. The van der Waals surface area contributed by atoms with Crippen LogP contribution in [-0.4, -0.2) is 23.0 Å². The summed E-state index contributed by atoms with van der Waals surface area (Å²) >= 11 is 0. The van der Waals surface area contributed by atoms with Crippen LogP contribution in [0.1, 0.15) is 27.4 Å². The topological polar surface area (TPSA) is 74.5 Å². The summed E-state index contributed by atoms with van der Waals surface area (Å²) in [4.78, 5) is 17.6. The maximum absolute atomic E-state index is 13.3. The fourth-order valence-corrected chi connectivity index (χ4v) is 3.27. The smallest absolute Gasteiger partial charge is 0.223 e. The van der Waals surface area contributed by atoms with Gasteiger partial charge in [-0.2, -0.15) is 4.98 Å². The van der Waals surface area contributed by atoms with Gasteiger partial charge in [0.25, 0.3) is 0 Å². The molecule has 0 N–H and O–H groups in total. The van der Waals surface area contributed by atoms with Crippen molar-refractivity contribution in [1.29, 1.82) is 0 Å². The van der Waals surface area contributed by atoms with Crippen molar-refractivity contribution in [2.24, 2.45) is 0 Å². The van der Waals surface area contributed by atoms with Gasteiger partial charge in [0.1, 0.15) is 6.61 Å². The van der Waals surface area contributed by atoms with Gasteiger partial charge in [0, 0.05) is 24.5 Å². The van der Waals surface area contributed by atoms with E-state index in [0.717, 1.165) is 11.1 Å². The van der Waals surface area contributed by atoms with Crippen LogP contribution in [0.4, 0.5) is 0 Å². The van der Waals surface area contributed by atoms with Crippen LogP contribution in [0.2, 0.25) is 0 Å². The average Bonchev–Trinajstić information content (AvgIpc) is 3.24. The number of hydrogen-bond donors (Lipinski definition) is 0. The molecule has 0 saturated heterocycles. The maximum Gasteiger partial charge on any atom is 0.223 e. The van der Waals surface area contributed by atoms with Crippen LogP contribution in [0.15, 0.2) is 77.3 Å². The van der Waals surface area contributed by atoms with Gasteiger partial charge in [-0.1, -0.05) is 65.8 Å². The summed E-state index contributed by atoms with van der Waals surface area (Å²) < 4.78 is 16.7. The van der Waals surface area contributed by atoms with E-state index in [4.69, 9.17) is 14.0 Å². The van der Waals surface area contributed by atoms with Crippen LogP contribution < -0.4 is 9.47 Å². The summed E-state index contributed by atoms with van der Waals surface area (Å²) in [6, 6.07) is 22.8. The number of nitrogens with zero attached hydrogens (tertiary/aromatic N) is 2. The molecule has 4 aromatic rings. The minimum absolute atomic E-state index is 0.0733. The SMILES string of the molecule is COc1cc(-c2noc(C)n2)c(C(=O)Cc2ccccc2)cc1OCc1ccccc1. The Kier molecular flexibility index (Phi) is 6.08. The molecule has 6 nitrogen and oxygen atoms in total. The second kappa shape index (κ2) is 9.26. The molecule has 6 heteroatoms. The van der Waals surface area contributed by atoms with E-state index in [-0.39, 0.29) is 12.2 Å². The predicted molar refractivity (Wildman–Crippen MR) is 116 cm³/mol. The van der Waals surface area contributed by atoms with Gasteiger partial charge >= 0.3 is 0 Å². The molecule has 0 saturated carbocycles. The molecule has 0 aliphatic heterocycles. The van der Waals surface area contributed by atoms with Crippen molar-refractivity contribution in [3.05, 3.63) is 95.4 Å². The summed E-state index contributed by atoms with van der Waals surface area (Å²) in [6.45, 7) is 2.06. The molecule has 0 radical (unpaired) electrons. The molecule has 0 atom stereocenters. The molecule has 3 aromatic carbocycles. The van der Waals surface area contributed by atoms with E-state index < -0.39 is 0 Å². The van der Waals surface area contributed by atoms with Crippen LogP contribution in [-0.2, 0) is 13.0 Å². The molecule has 156 valence electrons. The van der Waals surface area contributed by atoms with Crippen molar-refractivity contribution in [2.75, 3.05) is 7.11 Å². The van der Waals surface area contributed by atoms with Gasteiger partial charge in [-0.05, 0) is 23.3 Å². The van der Waals surface area contributed by atoms with Crippen molar-refractivity contribution in [2.45, 2.75) is 20.0 Å². The Morgan fingerprint density at radius 2 is 1.61 bits per heavy atom. The summed E-state index contributed by atoms with van der Waals surface area (Å²) in [7, 11) is 1.56. The standard InChI is InChI=1S/C25H22N2O4/c1-17-26-25(27-31-17)21-15-23(29-2)24(30-16-19-11-7-4-8-12-19)14-20(21)22(28)13-18-9-5-3-6-10-18/h3-12,14-15H,13,16H2,1-2H3. The van der Waals surface area contributed by atoms with E-state index in [1.807, 2.05) is 60.7 Å². The number of Topliss-reactive ketones (excluding diaryl/α,β-unsaturated/α-hetero) is 1. The Labute approximate surface area is 180 Å². The minimum atomic E-state index is -0.0733. The van der Waals surface area contributed by atoms with Crippen LogP contribution >= 0.6 is 0 Å². The molecular weight excluding hydrogens is 392 g/mol. The Morgan fingerprint density at radius 3 is 2.23 bits per heavy atom. The number of carbonyl (C=O) groups is 1. The number of aryl methyl sites for hydroxylation is 1. The number of aromatic nitrogens is 2. The van der Waals surface area contributed by atoms with E-state index in [2.05, 4.69) is 10.1 Å².